The van der Waals surface area contributed by atoms with Crippen LogP contribution in [-0.4, -0.2) is 344 Å². The van der Waals surface area contributed by atoms with Crippen molar-refractivity contribution in [2.24, 2.45) is 0 Å². The molecule has 722 valence electrons. The van der Waals surface area contributed by atoms with Crippen LogP contribution in [0.2, 0.25) is 0 Å². The van der Waals surface area contributed by atoms with E-state index in [1.807, 2.05) is 0 Å². The number of aliphatic carboxylic acids is 2. The van der Waals surface area contributed by atoms with Crippen molar-refractivity contribution in [3.63, 3.8) is 0 Å². The summed E-state index contributed by atoms with van der Waals surface area (Å²) in [5.74, 6) is -14.6. The van der Waals surface area contributed by atoms with Gasteiger partial charge in [0.25, 0.3) is 11.6 Å². The fraction of sp³-hybridized carbons (Fsp3) is 0.907. The van der Waals surface area contributed by atoms with Gasteiger partial charge < -0.3 is 161 Å². The number of allylic oxidation sites excluding steroid dienone is 1. The number of rotatable bonds is 64. The molecule has 0 spiro atoms. The second-order valence-corrected chi connectivity index (χ2v) is 34.3. The molecule has 0 saturated carbocycles. The summed E-state index contributed by atoms with van der Waals surface area (Å²) in [6.07, 6.45) is -8.31. The van der Waals surface area contributed by atoms with E-state index in [2.05, 4.69) is 35.1 Å². The largest absolute Gasteiger partial charge is 0.477 e. The number of unbranched alkanes of at least 4 members (excludes halogenated alkanes) is 33. The minimum absolute atomic E-state index is 0.114. The Morgan fingerprint density at radius 1 is 0.435 bits per heavy atom. The Balaban J connectivity index is 1.37. The van der Waals surface area contributed by atoms with Crippen LogP contribution in [0, 0.1) is 0 Å². The predicted molar refractivity (Wildman–Crippen MR) is 444 cm³/mol. The van der Waals surface area contributed by atoms with Crippen molar-refractivity contribution in [2.75, 3.05) is 39.6 Å². The van der Waals surface area contributed by atoms with Crippen LogP contribution in [0.5, 0.6) is 0 Å². The highest BCUT2D eigenvalue weighted by molar-refractivity contribution is 5.78. The van der Waals surface area contributed by atoms with Crippen molar-refractivity contribution in [1.82, 2.24) is 21.3 Å². The normalized spacial score (nSPS) is 31.9. The zero-order valence-corrected chi connectivity index (χ0v) is 73.4. The number of carbonyl (C=O) groups excluding carboxylic acids is 4. The number of carbonyl (C=O) groups is 6. The number of aliphatic hydroxyl groups is 16. The van der Waals surface area contributed by atoms with Crippen LogP contribution in [0.25, 0.3) is 0 Å². The lowest BCUT2D eigenvalue weighted by atomic mass is 9.87. The Morgan fingerprint density at radius 3 is 1.28 bits per heavy atom. The maximum atomic E-state index is 14.2. The number of aliphatic hydroxyl groups excluding tert-OH is 16. The first kappa shape index (κ1) is 110. The lowest BCUT2D eigenvalue weighted by Crippen LogP contribution is -2.72. The van der Waals surface area contributed by atoms with E-state index in [0.717, 1.165) is 85.0 Å². The summed E-state index contributed by atoms with van der Waals surface area (Å²) in [5, 5.41) is 213. The van der Waals surface area contributed by atoms with Crippen LogP contribution in [-0.2, 0) is 76.1 Å². The number of carboxylic acids is 2. The van der Waals surface area contributed by atoms with Crippen LogP contribution in [0.4, 0.5) is 0 Å². The molecule has 4 amide bonds. The third-order valence-corrected chi connectivity index (χ3v) is 24.0. The van der Waals surface area contributed by atoms with E-state index < -0.39 is 265 Å². The lowest BCUT2D eigenvalue weighted by molar-refractivity contribution is -0.402. The first-order valence-electron chi connectivity index (χ1n) is 45.7. The molecule has 38 nitrogen and oxygen atoms in total. The van der Waals surface area contributed by atoms with Gasteiger partial charge in [-0.05, 0) is 19.3 Å². The first-order valence-corrected chi connectivity index (χ1v) is 45.7. The quantitative estimate of drug-likeness (QED) is 0.0302. The highest BCUT2D eigenvalue weighted by atomic mass is 16.8. The summed E-state index contributed by atoms with van der Waals surface area (Å²) >= 11 is 0. The smallest absolute Gasteiger partial charge is 0.364 e. The fourth-order valence-electron chi connectivity index (χ4n) is 16.8. The third-order valence-electron chi connectivity index (χ3n) is 24.0. The van der Waals surface area contributed by atoms with Gasteiger partial charge in [0.2, 0.25) is 23.6 Å². The average molecular weight is 1790 g/mol. The summed E-state index contributed by atoms with van der Waals surface area (Å²) in [6, 6.07) is -6.82. The molecule has 5 heterocycles. The molecule has 29 atom stereocenters. The maximum Gasteiger partial charge on any atom is 0.364 e. The van der Waals surface area contributed by atoms with Crippen LogP contribution < -0.4 is 21.3 Å². The molecule has 5 fully saturated rings. The highest BCUT2D eigenvalue weighted by Gasteiger charge is 2.64. The summed E-state index contributed by atoms with van der Waals surface area (Å²) in [7, 11) is 0. The van der Waals surface area contributed by atoms with Crippen molar-refractivity contribution < 1.29 is 168 Å². The summed E-state index contributed by atoms with van der Waals surface area (Å²) < 4.78 is 60.0. The molecule has 38 heteroatoms. The Morgan fingerprint density at radius 2 is 0.839 bits per heavy atom. The molecule has 5 aliphatic heterocycles. The molecule has 124 heavy (non-hydrogen) atoms. The minimum atomic E-state index is -3.59. The second kappa shape index (κ2) is 59.0. The Labute approximate surface area is 729 Å². The van der Waals surface area contributed by atoms with Gasteiger partial charge in [0.15, 0.2) is 18.9 Å². The van der Waals surface area contributed by atoms with Gasteiger partial charge in [-0.1, -0.05) is 231 Å². The summed E-state index contributed by atoms with van der Waals surface area (Å²) in [5.41, 5.74) is 0. The van der Waals surface area contributed by atoms with E-state index in [1.54, 1.807) is 6.08 Å². The zero-order chi connectivity index (χ0) is 91.5. The molecule has 5 aliphatic rings. The number of amides is 4. The van der Waals surface area contributed by atoms with Crippen molar-refractivity contribution in [3.05, 3.63) is 12.2 Å². The fourth-order valence-corrected chi connectivity index (χ4v) is 16.8. The van der Waals surface area contributed by atoms with Crippen LogP contribution >= 0.6 is 0 Å². The monoisotopic (exact) mass is 1790 g/mol. The number of hydrogen-bond acceptors (Lipinski definition) is 32. The number of nitrogens with one attached hydrogen (secondary N) is 4. The molecule has 0 radical (unpaired) electrons. The van der Waals surface area contributed by atoms with Crippen molar-refractivity contribution in [1.29, 1.82) is 0 Å². The van der Waals surface area contributed by atoms with Crippen molar-refractivity contribution >= 4 is 35.6 Å². The zero-order valence-electron chi connectivity index (χ0n) is 73.4. The van der Waals surface area contributed by atoms with Crippen LogP contribution in [0.15, 0.2) is 12.2 Å². The van der Waals surface area contributed by atoms with Gasteiger partial charge in [0, 0.05) is 40.0 Å². The molecule has 0 aliphatic carbocycles. The van der Waals surface area contributed by atoms with Gasteiger partial charge in [-0.2, -0.15) is 0 Å². The molecule has 5 saturated heterocycles. The van der Waals surface area contributed by atoms with Gasteiger partial charge in [-0.3, -0.25) is 19.2 Å². The first-order chi connectivity index (χ1) is 59.3. The second-order valence-electron chi connectivity index (χ2n) is 34.3. The Kier molecular flexibility index (Phi) is 52.4. The van der Waals surface area contributed by atoms with Gasteiger partial charge in [0.05, 0.1) is 76.1 Å². The molecule has 5 rings (SSSR count). The van der Waals surface area contributed by atoms with Crippen LogP contribution in [0.1, 0.15) is 279 Å². The molecular formula is C86H154N4O34. The van der Waals surface area contributed by atoms with Crippen LogP contribution in [0.3, 0.4) is 0 Å². The third kappa shape index (κ3) is 35.3. The standard InChI is InChI=1S/C86H154N4O34/c1-6-8-10-12-14-16-18-20-21-22-23-24-25-26-27-28-29-31-33-35-37-39-41-43-64(103)90-55(56(99)42-40-38-36-34-32-30-19-17-15-13-11-9-7-2)51-115-81-73(109)72(108)75(62(49-94)117-81)119-82-74(110)79(76(63(50-95)118-82)120-80-67(89-54(5)98)71(107)69(105)60(47-92)116-80)124-86(84(113)114)45-58(101)66(88-53(4)97)78(123-86)70(106)61(48-93)121-85(83(111)112)44-57(100)65(87-52(3)96)77(122-85)68(104)59(102)46-91/h40,42,55-63,65-82,91-95,99-102,104-110H,6-39,41,43-51H2,1-5H3,(H,87,96)(H,88,97)(H,89,98)(H,90,103)(H,111,112)(H,113,114)/b42-40+/t55-,56+,57?,58?,59+,60?,61+,62?,63?,65+,66+,67?,68+,69-,70+,71+,72+,73?,74?,75+,76-,77?,78?,79+,80-,81+,82-,85+,86-/m0/s1. The SMILES string of the molecule is CCCCCCCCCCCCC/C=C/[C@@H](O)[C@H](CO[C@@H]1OC(CO)[C@@H](O[C@@H]2OC(CO)[C@H](O[C@@H]3OC(CO)[C@H](O)[C@H](O)C3NC(C)=O)[C@H](O[C@]3(C(=O)O)CC(O)[C@@H](NC(C)=O)C([C@H](O)[C@@H](CO)O[C@]4(C(=O)O)CC(O)[C@@H](NC(C)=O)C([C@H](O)[C@H](O)CO)O4)O3)C2O)[C@H](O)C1O)NC(=O)CCCCCCCCCCCCCCCCCCCCCCCCC. The van der Waals surface area contributed by atoms with E-state index >= 15 is 0 Å². The lowest BCUT2D eigenvalue weighted by Gasteiger charge is -2.52. The van der Waals surface area contributed by atoms with E-state index in [9.17, 15) is 121 Å². The van der Waals surface area contributed by atoms with Crippen molar-refractivity contribution in [3.8, 4) is 0 Å². The molecule has 22 N–H and O–H groups in total. The minimum Gasteiger partial charge on any atom is -0.477 e. The molecule has 0 aromatic carbocycles. The van der Waals surface area contributed by atoms with Gasteiger partial charge >= 0.3 is 11.9 Å². The topological polar surface area (TPSA) is 607 Å². The number of hydrogen-bond donors (Lipinski definition) is 22. The average Bonchev–Trinajstić information content (AvgIpc) is 0.867. The van der Waals surface area contributed by atoms with E-state index in [0.29, 0.717) is 12.8 Å². The predicted octanol–water partition coefficient (Wildman–Crippen LogP) is 1.43. The molecule has 0 aromatic rings. The van der Waals surface area contributed by atoms with E-state index in [1.165, 1.54) is 154 Å². The molecular weight excluding hydrogens is 1630 g/mol. The molecule has 10 unspecified atom stereocenters. The van der Waals surface area contributed by atoms with Gasteiger partial charge in [0.1, 0.15) is 110 Å². The van der Waals surface area contributed by atoms with E-state index in [-0.39, 0.29) is 6.42 Å². The number of ether oxygens (including phenoxy) is 10. The van der Waals surface area contributed by atoms with Gasteiger partial charge in [-0.15, -0.1) is 0 Å². The summed E-state index contributed by atoms with van der Waals surface area (Å²) in [6.45, 7) is 0.569. The Hall–Kier alpha value is -4.48. The van der Waals surface area contributed by atoms with Gasteiger partial charge in [-0.25, -0.2) is 9.59 Å². The Bertz CT molecular complexity index is 3010. The molecule has 0 aromatic heterocycles. The summed E-state index contributed by atoms with van der Waals surface area (Å²) in [4.78, 5) is 79.3. The van der Waals surface area contributed by atoms with E-state index in [4.69, 9.17) is 47.4 Å². The maximum absolute atomic E-state index is 14.2. The highest BCUT2D eigenvalue weighted by Crippen LogP contribution is 2.43. The van der Waals surface area contributed by atoms with Crippen molar-refractivity contribution in [2.45, 2.75) is 455 Å². The molecule has 0 bridgehead atoms. The number of carboxylic acid groups (broad SMARTS) is 2.